The summed E-state index contributed by atoms with van der Waals surface area (Å²) in [5.41, 5.74) is 0.625. The van der Waals surface area contributed by atoms with Crippen LogP contribution < -0.4 is 23.0 Å². The van der Waals surface area contributed by atoms with Crippen molar-refractivity contribution in [2.24, 2.45) is 0 Å². The number of fused-ring (bicyclic) bond motifs is 1. The second kappa shape index (κ2) is 5.03. The summed E-state index contributed by atoms with van der Waals surface area (Å²) in [5.74, 6) is 1.38. The number of quaternary nitrogens is 1. The molecule has 0 saturated carbocycles. The third-order valence-electron chi connectivity index (χ3n) is 2.54. The van der Waals surface area contributed by atoms with Crippen LogP contribution in [-0.4, -0.2) is 15.7 Å². The predicted octanol–water partition coefficient (Wildman–Crippen LogP) is -2.22. The van der Waals surface area contributed by atoms with Crippen LogP contribution in [0.2, 0.25) is 0 Å². The lowest BCUT2D eigenvalue weighted by Crippen LogP contribution is -3.00. The van der Waals surface area contributed by atoms with Crippen LogP contribution in [-0.2, 0) is 0 Å². The molecule has 1 aliphatic rings. The molecule has 1 aromatic heterocycles. The molecule has 92 valence electrons. The van der Waals surface area contributed by atoms with E-state index in [-0.39, 0.29) is 18.3 Å². The van der Waals surface area contributed by atoms with Crippen molar-refractivity contribution in [1.29, 1.82) is 0 Å². The van der Waals surface area contributed by atoms with Gasteiger partial charge in [0.15, 0.2) is 5.82 Å². The van der Waals surface area contributed by atoms with Gasteiger partial charge >= 0.3 is 0 Å². The predicted molar refractivity (Wildman–Crippen MR) is 63.5 cm³/mol. The lowest BCUT2D eigenvalue weighted by molar-refractivity contribution is -0.494. The van der Waals surface area contributed by atoms with E-state index in [1.807, 2.05) is 42.0 Å². The van der Waals surface area contributed by atoms with Crippen molar-refractivity contribution in [3.8, 4) is 0 Å². The minimum atomic E-state index is -0.147. The van der Waals surface area contributed by atoms with Gasteiger partial charge in [-0.2, -0.15) is 4.68 Å². The maximum atomic E-state index is 11.9. The molecule has 2 aromatic rings. The number of benzene rings is 1. The summed E-state index contributed by atoms with van der Waals surface area (Å²) >= 11 is 0. The van der Waals surface area contributed by atoms with Gasteiger partial charge in [0.05, 0.1) is 12.3 Å². The molecule has 0 atom stereocenters. The third kappa shape index (κ3) is 2.27. The van der Waals surface area contributed by atoms with E-state index < -0.39 is 0 Å². The van der Waals surface area contributed by atoms with E-state index in [1.165, 1.54) is 0 Å². The van der Waals surface area contributed by atoms with Crippen molar-refractivity contribution >= 4 is 23.7 Å². The van der Waals surface area contributed by atoms with Gasteiger partial charge in [-0.05, 0) is 12.1 Å². The van der Waals surface area contributed by atoms with Gasteiger partial charge in [-0.15, -0.1) is 5.10 Å². The number of carbonyl (C=O) groups excluding carboxylic acids is 1. The number of halogens is 1. The lowest BCUT2D eigenvalue weighted by atomic mass is 10.2. The summed E-state index contributed by atoms with van der Waals surface area (Å²) in [6.07, 6.45) is 3.75. The van der Waals surface area contributed by atoms with Gasteiger partial charge in [0.25, 0.3) is 5.91 Å². The van der Waals surface area contributed by atoms with E-state index in [0.717, 1.165) is 5.82 Å². The van der Waals surface area contributed by atoms with Crippen molar-refractivity contribution in [2.75, 3.05) is 5.32 Å². The molecule has 0 fully saturated rings. The SMILES string of the molecule is O=C(Nc1cc2n(n1)C=C[NH2+]2)c1ccccc1.[Cl-]. The Hall–Kier alpha value is -2.11. The number of amides is 1. The molecule has 1 aliphatic heterocycles. The topological polar surface area (TPSA) is 63.5 Å². The number of aromatic nitrogens is 2. The third-order valence-corrected chi connectivity index (χ3v) is 2.54. The van der Waals surface area contributed by atoms with Gasteiger partial charge in [-0.25, -0.2) is 0 Å². The molecule has 3 rings (SSSR count). The van der Waals surface area contributed by atoms with Crippen molar-refractivity contribution in [2.45, 2.75) is 0 Å². The minimum Gasteiger partial charge on any atom is -1.00 e. The first-order valence-electron chi connectivity index (χ1n) is 5.30. The van der Waals surface area contributed by atoms with Gasteiger partial charge < -0.3 is 17.7 Å². The first-order valence-corrected chi connectivity index (χ1v) is 5.30. The molecule has 0 saturated heterocycles. The fraction of sp³-hybridized carbons (Fsp3) is 0. The summed E-state index contributed by atoms with van der Waals surface area (Å²) in [4.78, 5) is 11.9. The number of carbonyl (C=O) groups is 1. The summed E-state index contributed by atoms with van der Waals surface area (Å²) < 4.78 is 1.72. The van der Waals surface area contributed by atoms with E-state index in [4.69, 9.17) is 0 Å². The molecular formula is C12H11ClN4O. The Morgan fingerprint density at radius 2 is 2.06 bits per heavy atom. The van der Waals surface area contributed by atoms with E-state index >= 15 is 0 Å². The molecule has 0 radical (unpaired) electrons. The molecule has 0 unspecified atom stereocenters. The molecular weight excluding hydrogens is 252 g/mol. The molecule has 0 bridgehead atoms. The first kappa shape index (κ1) is 12.3. The van der Waals surface area contributed by atoms with E-state index in [9.17, 15) is 4.79 Å². The van der Waals surface area contributed by atoms with Crippen LogP contribution in [0.4, 0.5) is 11.6 Å². The number of anilines is 1. The maximum Gasteiger partial charge on any atom is 0.256 e. The molecule has 5 nitrogen and oxygen atoms in total. The molecule has 3 N–H and O–H groups in total. The molecule has 1 amide bonds. The average Bonchev–Trinajstić information content (AvgIpc) is 2.90. The lowest BCUT2D eigenvalue weighted by Gasteiger charge is -2.00. The van der Waals surface area contributed by atoms with Crippen LogP contribution in [0.5, 0.6) is 0 Å². The molecule has 0 spiro atoms. The zero-order valence-corrected chi connectivity index (χ0v) is 10.1. The number of hydrogen-bond acceptors (Lipinski definition) is 2. The minimum absolute atomic E-state index is 0. The van der Waals surface area contributed by atoms with Gasteiger partial charge in [0.1, 0.15) is 6.20 Å². The highest BCUT2D eigenvalue weighted by atomic mass is 35.5. The smallest absolute Gasteiger partial charge is 0.256 e. The highest BCUT2D eigenvalue weighted by molar-refractivity contribution is 6.03. The summed E-state index contributed by atoms with van der Waals surface area (Å²) in [6, 6.07) is 10.9. The Labute approximate surface area is 110 Å². The average molecular weight is 263 g/mol. The zero-order chi connectivity index (χ0) is 11.7. The molecule has 18 heavy (non-hydrogen) atoms. The number of nitrogens with two attached hydrogens (primary N) is 1. The van der Waals surface area contributed by atoms with Crippen LogP contribution in [0.15, 0.2) is 42.6 Å². The number of nitrogens with zero attached hydrogens (tertiary/aromatic N) is 2. The fourth-order valence-corrected chi connectivity index (χ4v) is 1.72. The maximum absolute atomic E-state index is 11.9. The monoisotopic (exact) mass is 262 g/mol. The van der Waals surface area contributed by atoms with Crippen molar-refractivity contribution in [1.82, 2.24) is 9.78 Å². The van der Waals surface area contributed by atoms with E-state index in [1.54, 1.807) is 16.8 Å². The number of hydrogen-bond donors (Lipinski definition) is 2. The van der Waals surface area contributed by atoms with Crippen LogP contribution in [0.1, 0.15) is 10.4 Å². The highest BCUT2D eigenvalue weighted by Gasteiger charge is 2.15. The standard InChI is InChI=1S/C12H10N4O.ClH/c17-12(9-4-2-1-3-5-9)14-10-8-11-13-6-7-16(11)15-10;/h1-8,13H,(H,14,15,17);1H. The second-order valence-corrected chi connectivity index (χ2v) is 3.73. The highest BCUT2D eigenvalue weighted by Crippen LogP contribution is 2.13. The quantitative estimate of drug-likeness (QED) is 0.644. The summed E-state index contributed by atoms with van der Waals surface area (Å²) in [7, 11) is 0. The van der Waals surface area contributed by atoms with Crippen molar-refractivity contribution in [3.63, 3.8) is 0 Å². The van der Waals surface area contributed by atoms with Crippen LogP contribution in [0.3, 0.4) is 0 Å². The summed E-state index contributed by atoms with van der Waals surface area (Å²) in [5, 5.41) is 8.92. The molecule has 6 heteroatoms. The zero-order valence-electron chi connectivity index (χ0n) is 9.38. The van der Waals surface area contributed by atoms with Gasteiger partial charge in [0, 0.05) is 5.56 Å². The van der Waals surface area contributed by atoms with Gasteiger partial charge in [-0.1, -0.05) is 18.2 Å². The van der Waals surface area contributed by atoms with Crippen molar-refractivity contribution in [3.05, 3.63) is 48.2 Å². The van der Waals surface area contributed by atoms with Crippen LogP contribution in [0, 0.1) is 0 Å². The Morgan fingerprint density at radius 3 is 2.78 bits per heavy atom. The molecule has 1 aromatic carbocycles. The van der Waals surface area contributed by atoms with Gasteiger partial charge in [-0.3, -0.25) is 10.1 Å². The van der Waals surface area contributed by atoms with Crippen LogP contribution in [0.25, 0.3) is 6.20 Å². The van der Waals surface area contributed by atoms with Crippen LogP contribution >= 0.6 is 0 Å². The Kier molecular flexibility index (Phi) is 3.45. The van der Waals surface area contributed by atoms with Crippen molar-refractivity contribution < 1.29 is 22.5 Å². The fourth-order valence-electron chi connectivity index (χ4n) is 1.72. The number of nitrogens with one attached hydrogen (secondary N) is 1. The normalized spacial score (nSPS) is 11.8. The van der Waals surface area contributed by atoms with Gasteiger partial charge in [0.2, 0.25) is 5.82 Å². The largest absolute Gasteiger partial charge is 1.00 e. The van der Waals surface area contributed by atoms with E-state index in [0.29, 0.717) is 11.4 Å². The molecule has 0 aliphatic carbocycles. The Balaban J connectivity index is 0.00000120. The first-order chi connectivity index (χ1) is 8.33. The van der Waals surface area contributed by atoms with E-state index in [2.05, 4.69) is 10.4 Å². The second-order valence-electron chi connectivity index (χ2n) is 3.73. The Bertz CT molecular complexity index is 591. The Morgan fingerprint density at radius 1 is 1.28 bits per heavy atom. The molecule has 2 heterocycles. The summed E-state index contributed by atoms with van der Waals surface area (Å²) in [6.45, 7) is 0. The number of rotatable bonds is 2.